The highest BCUT2D eigenvalue weighted by Crippen LogP contribution is 2.44. The minimum absolute atomic E-state index is 0.129. The summed E-state index contributed by atoms with van der Waals surface area (Å²) in [6, 6.07) is 7.59. The Morgan fingerprint density at radius 3 is 2.78 bits per heavy atom. The molecule has 27 heavy (non-hydrogen) atoms. The number of thiophene rings is 1. The molecule has 0 saturated carbocycles. The number of carbonyl (C=O) groups is 2. The maximum atomic E-state index is 12.0. The summed E-state index contributed by atoms with van der Waals surface area (Å²) in [7, 11) is 2.10. The standard InChI is InChI=1S/C18H20BN5O2S/c19-12-4-2-1-3-9(12)7-24-8-11-13(23-24)6-5-10-14(16(20)25)17(22-18(21)26)27-15(10)11/h1-4,11H,5-8,19H2,(H2,20,25)(H3,21,22,26). The topological polar surface area (TPSA) is 114 Å². The molecule has 2 heterocycles. The summed E-state index contributed by atoms with van der Waals surface area (Å²) in [6.07, 6.45) is 1.48. The molecular weight excluding hydrogens is 361 g/mol. The molecule has 1 aromatic carbocycles. The third kappa shape index (κ3) is 3.19. The zero-order chi connectivity index (χ0) is 19.1. The van der Waals surface area contributed by atoms with Crippen LogP contribution < -0.4 is 22.2 Å². The molecule has 0 fully saturated rings. The summed E-state index contributed by atoms with van der Waals surface area (Å²) in [4.78, 5) is 24.3. The number of hydrogen-bond donors (Lipinski definition) is 3. The van der Waals surface area contributed by atoms with E-state index in [1.165, 1.54) is 22.4 Å². The van der Waals surface area contributed by atoms with E-state index in [1.807, 2.05) is 12.1 Å². The monoisotopic (exact) mass is 381 g/mol. The van der Waals surface area contributed by atoms with Crippen LogP contribution in [0.5, 0.6) is 0 Å². The maximum absolute atomic E-state index is 12.0. The average molecular weight is 381 g/mol. The van der Waals surface area contributed by atoms with Gasteiger partial charge in [-0.1, -0.05) is 29.7 Å². The summed E-state index contributed by atoms with van der Waals surface area (Å²) >= 11 is 1.39. The maximum Gasteiger partial charge on any atom is 0.317 e. The Balaban J connectivity index is 1.63. The molecule has 5 N–H and O–H groups in total. The van der Waals surface area contributed by atoms with Crippen LogP contribution in [0.25, 0.3) is 0 Å². The molecule has 2 aromatic rings. The summed E-state index contributed by atoms with van der Waals surface area (Å²) < 4.78 is 0. The fourth-order valence-electron chi connectivity index (χ4n) is 3.88. The third-order valence-corrected chi connectivity index (χ3v) is 6.41. The number of nitrogens with two attached hydrogens (primary N) is 2. The number of carbonyl (C=O) groups excluding carboxylic acids is 2. The van der Waals surface area contributed by atoms with Crippen LogP contribution in [0, 0.1) is 0 Å². The van der Waals surface area contributed by atoms with E-state index in [-0.39, 0.29) is 5.92 Å². The van der Waals surface area contributed by atoms with Crippen molar-refractivity contribution in [3.8, 4) is 0 Å². The molecule has 1 aliphatic carbocycles. The van der Waals surface area contributed by atoms with E-state index in [4.69, 9.17) is 16.6 Å². The highest BCUT2D eigenvalue weighted by molar-refractivity contribution is 7.17. The van der Waals surface area contributed by atoms with E-state index in [0.717, 1.165) is 35.7 Å². The van der Waals surface area contributed by atoms with Gasteiger partial charge in [-0.2, -0.15) is 5.10 Å². The van der Waals surface area contributed by atoms with Crippen LogP contribution in [0.3, 0.4) is 0 Å². The van der Waals surface area contributed by atoms with Crippen LogP contribution in [-0.2, 0) is 13.0 Å². The number of amides is 3. The Kier molecular flexibility index (Phi) is 4.39. The fraction of sp³-hybridized carbons (Fsp3) is 0.278. The molecule has 1 unspecified atom stereocenters. The van der Waals surface area contributed by atoms with Crippen molar-refractivity contribution >= 4 is 47.3 Å². The number of primary amides is 2. The van der Waals surface area contributed by atoms with Crippen LogP contribution in [-0.4, -0.2) is 37.0 Å². The van der Waals surface area contributed by atoms with E-state index in [1.54, 1.807) is 0 Å². The number of benzene rings is 1. The first-order chi connectivity index (χ1) is 12.9. The van der Waals surface area contributed by atoms with E-state index < -0.39 is 11.9 Å². The summed E-state index contributed by atoms with van der Waals surface area (Å²) in [5, 5.41) is 9.90. The largest absolute Gasteiger partial charge is 0.365 e. The first kappa shape index (κ1) is 17.6. The zero-order valence-corrected chi connectivity index (χ0v) is 15.8. The molecule has 0 spiro atoms. The van der Waals surface area contributed by atoms with Gasteiger partial charge in [-0.15, -0.1) is 11.3 Å². The van der Waals surface area contributed by atoms with Crippen molar-refractivity contribution in [3.63, 3.8) is 0 Å². The highest BCUT2D eigenvalue weighted by Gasteiger charge is 2.37. The molecular formula is C18H20BN5O2S. The summed E-state index contributed by atoms with van der Waals surface area (Å²) in [5.74, 6) is -0.407. The van der Waals surface area contributed by atoms with Crippen molar-refractivity contribution in [2.75, 3.05) is 11.9 Å². The van der Waals surface area contributed by atoms with E-state index in [0.29, 0.717) is 17.0 Å². The normalized spacial score (nSPS) is 17.9. The molecule has 4 rings (SSSR count). The molecule has 0 saturated heterocycles. The van der Waals surface area contributed by atoms with Crippen LogP contribution >= 0.6 is 11.3 Å². The van der Waals surface area contributed by atoms with Crippen molar-refractivity contribution in [2.45, 2.75) is 25.3 Å². The average Bonchev–Trinajstić information content (AvgIpc) is 3.16. The van der Waals surface area contributed by atoms with Crippen LogP contribution in [0.2, 0.25) is 0 Å². The van der Waals surface area contributed by atoms with Gasteiger partial charge in [-0.3, -0.25) is 15.1 Å². The number of fused-ring (bicyclic) bond motifs is 3. The van der Waals surface area contributed by atoms with Crippen LogP contribution in [0.15, 0.2) is 29.4 Å². The molecule has 3 amide bonds. The molecule has 0 bridgehead atoms. The minimum atomic E-state index is -0.697. The molecule has 1 aromatic heterocycles. The van der Waals surface area contributed by atoms with Gasteiger partial charge >= 0.3 is 6.03 Å². The number of rotatable bonds is 4. The van der Waals surface area contributed by atoms with Gasteiger partial charge in [0.15, 0.2) is 0 Å². The Hall–Kier alpha value is -2.81. The fourth-order valence-corrected chi connectivity index (χ4v) is 5.25. The second-order valence-corrected chi connectivity index (χ2v) is 7.97. The molecule has 138 valence electrons. The van der Waals surface area contributed by atoms with Gasteiger partial charge in [0, 0.05) is 17.1 Å². The number of urea groups is 1. The lowest BCUT2D eigenvalue weighted by Crippen LogP contribution is -2.24. The third-order valence-electron chi connectivity index (χ3n) is 5.15. The van der Waals surface area contributed by atoms with Gasteiger partial charge in [0.2, 0.25) is 0 Å². The molecule has 1 atom stereocenters. The lowest BCUT2D eigenvalue weighted by Gasteiger charge is -2.20. The Bertz CT molecular complexity index is 971. The van der Waals surface area contributed by atoms with Gasteiger partial charge in [-0.05, 0) is 24.0 Å². The Labute approximate surface area is 161 Å². The van der Waals surface area contributed by atoms with Gasteiger partial charge < -0.3 is 11.5 Å². The molecule has 0 radical (unpaired) electrons. The van der Waals surface area contributed by atoms with Crippen LogP contribution in [0.4, 0.5) is 9.80 Å². The van der Waals surface area contributed by atoms with E-state index in [9.17, 15) is 9.59 Å². The predicted molar refractivity (Wildman–Crippen MR) is 110 cm³/mol. The van der Waals surface area contributed by atoms with E-state index >= 15 is 0 Å². The second-order valence-electron chi connectivity index (χ2n) is 6.92. The number of anilines is 1. The summed E-state index contributed by atoms with van der Waals surface area (Å²) in [5.41, 5.74) is 15.8. The lowest BCUT2D eigenvalue weighted by atomic mass is 9.86. The van der Waals surface area contributed by atoms with Crippen LogP contribution in [0.1, 0.15) is 38.7 Å². The van der Waals surface area contributed by atoms with Crippen molar-refractivity contribution < 1.29 is 9.59 Å². The number of hydrazone groups is 1. The van der Waals surface area contributed by atoms with Crippen molar-refractivity contribution in [1.82, 2.24) is 5.01 Å². The number of nitrogens with one attached hydrogen (secondary N) is 1. The number of nitrogens with zero attached hydrogens (tertiary/aromatic N) is 2. The van der Waals surface area contributed by atoms with Gasteiger partial charge in [0.25, 0.3) is 5.91 Å². The van der Waals surface area contributed by atoms with E-state index in [2.05, 4.69) is 30.3 Å². The quantitative estimate of drug-likeness (QED) is 0.670. The molecule has 7 nitrogen and oxygen atoms in total. The van der Waals surface area contributed by atoms with Crippen molar-refractivity contribution in [3.05, 3.63) is 45.8 Å². The highest BCUT2D eigenvalue weighted by atomic mass is 32.1. The zero-order valence-electron chi connectivity index (χ0n) is 15.0. The molecule has 2 aliphatic rings. The molecule has 1 aliphatic heterocycles. The van der Waals surface area contributed by atoms with Gasteiger partial charge in [0.05, 0.1) is 18.0 Å². The summed E-state index contributed by atoms with van der Waals surface area (Å²) in [6.45, 7) is 1.51. The lowest BCUT2D eigenvalue weighted by molar-refractivity contribution is 0.100. The van der Waals surface area contributed by atoms with Crippen molar-refractivity contribution in [1.29, 1.82) is 0 Å². The minimum Gasteiger partial charge on any atom is -0.365 e. The Morgan fingerprint density at radius 1 is 1.30 bits per heavy atom. The Morgan fingerprint density at radius 2 is 2.07 bits per heavy atom. The number of hydrogen-bond acceptors (Lipinski definition) is 5. The SMILES string of the molecule is Bc1ccccc1CN1CC2C(=N1)CCc1c2sc(NC(N)=O)c1C(N)=O. The van der Waals surface area contributed by atoms with Crippen molar-refractivity contribution in [2.24, 2.45) is 16.6 Å². The van der Waals surface area contributed by atoms with Gasteiger partial charge in [0.1, 0.15) is 12.8 Å². The molecule has 9 heteroatoms. The first-order valence-electron chi connectivity index (χ1n) is 8.82. The van der Waals surface area contributed by atoms with Gasteiger partial charge in [-0.25, -0.2) is 4.79 Å². The first-order valence-corrected chi connectivity index (χ1v) is 9.64. The smallest absolute Gasteiger partial charge is 0.317 e. The predicted octanol–water partition coefficient (Wildman–Crippen LogP) is 0.498. The second kappa shape index (κ2) is 6.73.